The third-order valence-electron chi connectivity index (χ3n) is 0.178. The van der Waals surface area contributed by atoms with Gasteiger partial charge in [-0.3, -0.25) is 0 Å². The molecule has 0 aromatic rings. The number of rotatable bonds is 2. The maximum atomic E-state index is 9.78. The second-order valence-corrected chi connectivity index (χ2v) is 5.48. The van der Waals surface area contributed by atoms with Crippen LogP contribution < -0.4 is 51.4 Å². The molecular weight excluding hydrogens is 252 g/mol. The van der Waals surface area contributed by atoms with E-state index in [1.165, 1.54) is 0 Å². The molecule has 0 amide bonds. The summed E-state index contributed by atoms with van der Waals surface area (Å²) in [6.45, 7) is 0. The average Bonchev–Trinajstić information content (AvgIpc) is 1.14. The van der Waals surface area contributed by atoms with Gasteiger partial charge in [-0.15, -0.1) is 0 Å². The van der Waals surface area contributed by atoms with Crippen LogP contribution >= 0.6 is 21.4 Å². The molecule has 0 bridgehead atoms. The monoisotopic (exact) mass is 251 g/mol. The number of hydrogen-bond donors (Lipinski definition) is 0. The van der Waals surface area contributed by atoms with Gasteiger partial charge in [0.2, 0.25) is 0 Å². The summed E-state index contributed by atoms with van der Waals surface area (Å²) in [6.07, 6.45) is 0. The summed E-state index contributed by atoms with van der Waals surface area (Å²) in [6, 6.07) is 0. The molecule has 10 heavy (non-hydrogen) atoms. The van der Waals surface area contributed by atoms with E-state index in [4.69, 9.17) is 0 Å². The molecule has 56 valence electrons. The molecule has 5 nitrogen and oxygen atoms in total. The zero-order valence-electron chi connectivity index (χ0n) is 4.65. The maximum Gasteiger partial charge on any atom is 1.00 e. The largest absolute Gasteiger partial charge is 1.00 e. The zero-order chi connectivity index (χ0) is 7.71. The van der Waals surface area contributed by atoms with Gasteiger partial charge < -0.3 is 4.13 Å². The van der Waals surface area contributed by atoms with Crippen molar-refractivity contribution in [2.45, 2.75) is 0 Å². The van der Waals surface area contributed by atoms with E-state index in [0.717, 1.165) is 0 Å². The molecule has 0 aliphatic rings. The molecule has 0 saturated heterocycles. The van der Waals surface area contributed by atoms with E-state index in [1.54, 1.807) is 0 Å². The smallest absolute Gasteiger partial charge is 0.408 e. The molecule has 0 fully saturated rings. The Morgan fingerprint density at radius 2 is 1.10 bits per heavy atom. The molecular formula is Cl2KNO4S2. The zero-order valence-corrected chi connectivity index (χ0v) is 10.9. The Labute approximate surface area is 110 Å². The fourth-order valence-corrected chi connectivity index (χ4v) is 2.55. The van der Waals surface area contributed by atoms with Crippen LogP contribution in [0.5, 0.6) is 0 Å². The predicted octanol–water partition coefficient (Wildman–Crippen LogP) is -2.67. The van der Waals surface area contributed by atoms with Crippen LogP contribution in [0, 0.1) is 0 Å². The van der Waals surface area contributed by atoms with Gasteiger partial charge in [0.25, 0.3) is 0 Å². The molecule has 0 spiro atoms. The van der Waals surface area contributed by atoms with E-state index in [0.29, 0.717) is 0 Å². The molecule has 0 rings (SSSR count). The Balaban J connectivity index is 0. The molecule has 0 saturated carbocycles. The molecule has 0 aliphatic carbocycles. The van der Waals surface area contributed by atoms with Gasteiger partial charge in [0.15, 0.2) is 18.5 Å². The minimum atomic E-state index is -4.40. The van der Waals surface area contributed by atoms with E-state index >= 15 is 0 Å². The van der Waals surface area contributed by atoms with Crippen LogP contribution in [0.1, 0.15) is 0 Å². The molecule has 10 heteroatoms. The van der Waals surface area contributed by atoms with Gasteiger partial charge >= 0.3 is 51.4 Å². The van der Waals surface area contributed by atoms with E-state index in [-0.39, 0.29) is 51.4 Å². The topological polar surface area (TPSA) is 82.4 Å². The van der Waals surface area contributed by atoms with Gasteiger partial charge in [-0.25, -0.2) is 16.8 Å². The fraction of sp³-hybridized carbons (Fsp3) is 0. The van der Waals surface area contributed by atoms with Crippen molar-refractivity contribution >= 4 is 39.8 Å². The average molecular weight is 252 g/mol. The third kappa shape index (κ3) is 12.7. The minimum absolute atomic E-state index is 0. The van der Waals surface area contributed by atoms with Crippen LogP contribution in [0.3, 0.4) is 0 Å². The summed E-state index contributed by atoms with van der Waals surface area (Å²) in [5.74, 6) is 0. The quantitative estimate of drug-likeness (QED) is 0.396. The molecule has 0 N–H and O–H groups in total. The van der Waals surface area contributed by atoms with Crippen molar-refractivity contribution in [3.8, 4) is 0 Å². The van der Waals surface area contributed by atoms with E-state index in [1.807, 2.05) is 4.13 Å². The van der Waals surface area contributed by atoms with Crippen molar-refractivity contribution in [1.82, 2.24) is 0 Å². The van der Waals surface area contributed by atoms with Gasteiger partial charge in [0.1, 0.15) is 0 Å². The Morgan fingerprint density at radius 3 is 1.10 bits per heavy atom. The summed E-state index contributed by atoms with van der Waals surface area (Å²) < 4.78 is 41.1. The van der Waals surface area contributed by atoms with Crippen LogP contribution in [-0.2, 0) is 18.5 Å². The van der Waals surface area contributed by atoms with Gasteiger partial charge in [0.05, 0.1) is 0 Å². The second kappa shape index (κ2) is 4.95. The second-order valence-electron chi connectivity index (χ2n) is 0.899. The van der Waals surface area contributed by atoms with Gasteiger partial charge in [-0.2, -0.15) is 0 Å². The van der Waals surface area contributed by atoms with Crippen molar-refractivity contribution in [2.24, 2.45) is 0 Å². The molecule has 0 aliphatic heterocycles. The van der Waals surface area contributed by atoms with Crippen LogP contribution in [-0.4, -0.2) is 16.8 Å². The van der Waals surface area contributed by atoms with Crippen molar-refractivity contribution in [3.63, 3.8) is 0 Å². The van der Waals surface area contributed by atoms with Crippen LogP contribution in [0.2, 0.25) is 0 Å². The Bertz CT molecular complexity index is 246. The molecule has 0 aromatic heterocycles. The number of hydrogen-bond acceptors (Lipinski definition) is 4. The first-order chi connectivity index (χ1) is 3.71. The summed E-state index contributed by atoms with van der Waals surface area (Å²) in [5.41, 5.74) is 0. The summed E-state index contributed by atoms with van der Waals surface area (Å²) in [5, 5.41) is 0. The summed E-state index contributed by atoms with van der Waals surface area (Å²) in [7, 11) is -0.0895. The Hall–Kier alpha value is 2.08. The Morgan fingerprint density at radius 1 is 0.900 bits per heavy atom. The molecule has 0 aromatic carbocycles. The maximum absolute atomic E-state index is 9.78. The number of nitrogens with zero attached hydrogens (tertiary/aromatic N) is 1. The first-order valence-electron chi connectivity index (χ1n) is 1.34. The first kappa shape index (κ1) is 14.6. The normalized spacial score (nSPS) is 12.2. The predicted molar refractivity (Wildman–Crippen MR) is 32.9 cm³/mol. The van der Waals surface area contributed by atoms with Crippen LogP contribution in [0.25, 0.3) is 4.13 Å². The Kier molecular flexibility index (Phi) is 7.22. The molecule has 0 atom stereocenters. The summed E-state index contributed by atoms with van der Waals surface area (Å²) >= 11 is 0. The van der Waals surface area contributed by atoms with Crippen molar-refractivity contribution in [2.75, 3.05) is 0 Å². The fourth-order valence-electron chi connectivity index (χ4n) is 0.106. The van der Waals surface area contributed by atoms with E-state index in [9.17, 15) is 16.8 Å². The van der Waals surface area contributed by atoms with Gasteiger partial charge in [0, 0.05) is 21.4 Å². The molecule has 0 heterocycles. The summed E-state index contributed by atoms with van der Waals surface area (Å²) in [4.78, 5) is 0. The molecule has 0 unspecified atom stereocenters. The molecule has 0 radical (unpaired) electrons. The van der Waals surface area contributed by atoms with Crippen molar-refractivity contribution in [1.29, 1.82) is 0 Å². The standard InChI is InChI=1S/Cl2NO4S2.K/c1-8(4,5)3-9(2,6)7;/q-1;+1. The van der Waals surface area contributed by atoms with Crippen LogP contribution in [0.15, 0.2) is 0 Å². The van der Waals surface area contributed by atoms with E-state index in [2.05, 4.69) is 21.4 Å². The first-order valence-corrected chi connectivity index (χ1v) is 5.87. The van der Waals surface area contributed by atoms with Crippen LogP contribution in [0.4, 0.5) is 0 Å². The SMILES string of the molecule is O=S(=O)(Cl)[N-]S(=O)(=O)Cl.[K+]. The van der Waals surface area contributed by atoms with Gasteiger partial charge in [-0.1, -0.05) is 0 Å². The van der Waals surface area contributed by atoms with Crippen molar-refractivity contribution in [3.05, 3.63) is 4.13 Å². The van der Waals surface area contributed by atoms with Gasteiger partial charge in [-0.05, 0) is 0 Å². The number of halogens is 2. The van der Waals surface area contributed by atoms with E-state index < -0.39 is 18.5 Å². The third-order valence-corrected chi connectivity index (χ3v) is 2.62. The minimum Gasteiger partial charge on any atom is -0.408 e. The van der Waals surface area contributed by atoms with Crippen molar-refractivity contribution < 1.29 is 68.2 Å².